The van der Waals surface area contributed by atoms with Crippen molar-refractivity contribution in [3.63, 3.8) is 0 Å². The van der Waals surface area contributed by atoms with Crippen molar-refractivity contribution >= 4 is 27.7 Å². The van der Waals surface area contributed by atoms with Crippen LogP contribution in [0.1, 0.15) is 47.0 Å². The third-order valence-corrected chi connectivity index (χ3v) is 5.18. The first kappa shape index (κ1) is 14.7. The fraction of sp³-hybridized carbons (Fsp3) is 0.846. The Balaban J connectivity index is 2.88. The van der Waals surface area contributed by atoms with Gasteiger partial charge in [-0.05, 0) is 18.3 Å². The van der Waals surface area contributed by atoms with Crippen LogP contribution in [0.5, 0.6) is 0 Å². The molecule has 0 aliphatic carbocycles. The maximum Gasteiger partial charge on any atom is 0.235 e. The number of hydrogen-bond donors (Lipinski definition) is 0. The average Bonchev–Trinajstić information content (AvgIpc) is 2.48. The van der Waals surface area contributed by atoms with Gasteiger partial charge in [0.25, 0.3) is 0 Å². The zero-order chi connectivity index (χ0) is 13.3. The van der Waals surface area contributed by atoms with E-state index in [1.165, 1.54) is 4.90 Å². The molecule has 0 N–H and O–H groups in total. The molecule has 3 nitrogen and oxygen atoms in total. The number of rotatable bonds is 5. The van der Waals surface area contributed by atoms with Gasteiger partial charge in [-0.1, -0.05) is 43.6 Å². The Bertz CT molecular complexity index is 313. The average molecular weight is 304 g/mol. The van der Waals surface area contributed by atoms with Crippen LogP contribution in [0, 0.1) is 10.8 Å². The maximum atomic E-state index is 12.2. The van der Waals surface area contributed by atoms with E-state index in [1.54, 1.807) is 0 Å². The van der Waals surface area contributed by atoms with Crippen molar-refractivity contribution < 1.29 is 9.59 Å². The highest BCUT2D eigenvalue weighted by Crippen LogP contribution is 2.36. The molecule has 0 aromatic rings. The number of likely N-dealkylation sites (tertiary alicyclic amines) is 1. The summed E-state index contributed by atoms with van der Waals surface area (Å²) in [5, 5.41) is 0.824. The summed E-state index contributed by atoms with van der Waals surface area (Å²) in [7, 11) is 0. The number of carbonyl (C=O) groups excluding carboxylic acids is 2. The van der Waals surface area contributed by atoms with Crippen molar-refractivity contribution in [3.8, 4) is 0 Å². The molecular formula is C13H22BrNO2. The Morgan fingerprint density at radius 2 is 1.82 bits per heavy atom. The number of amides is 2. The van der Waals surface area contributed by atoms with Crippen LogP contribution in [0.2, 0.25) is 0 Å². The summed E-state index contributed by atoms with van der Waals surface area (Å²) in [5.74, 6) is -0.0399. The first-order valence-corrected chi connectivity index (χ1v) is 7.35. The first-order chi connectivity index (χ1) is 7.82. The largest absolute Gasteiger partial charge is 0.282 e. The first-order valence-electron chi connectivity index (χ1n) is 6.22. The molecule has 0 unspecified atom stereocenters. The summed E-state index contributed by atoms with van der Waals surface area (Å²) >= 11 is 3.52. The van der Waals surface area contributed by atoms with E-state index in [4.69, 9.17) is 0 Å². The normalized spacial score (nSPS) is 20.2. The SMILES string of the molecule is CCC(CC)(CBr)CN1C(=O)CC(C)(C)C1=O. The van der Waals surface area contributed by atoms with Gasteiger partial charge < -0.3 is 0 Å². The van der Waals surface area contributed by atoms with E-state index in [9.17, 15) is 9.59 Å². The van der Waals surface area contributed by atoms with Crippen LogP contribution in [0.4, 0.5) is 0 Å². The summed E-state index contributed by atoms with van der Waals surface area (Å²) in [6, 6.07) is 0. The van der Waals surface area contributed by atoms with Crippen LogP contribution < -0.4 is 0 Å². The quantitative estimate of drug-likeness (QED) is 0.578. The van der Waals surface area contributed by atoms with E-state index in [2.05, 4.69) is 29.8 Å². The summed E-state index contributed by atoms with van der Waals surface area (Å²) in [4.78, 5) is 25.5. The Morgan fingerprint density at radius 3 is 2.12 bits per heavy atom. The van der Waals surface area contributed by atoms with E-state index in [-0.39, 0.29) is 17.2 Å². The molecule has 0 spiro atoms. The summed E-state index contributed by atoms with van der Waals surface area (Å²) in [5.41, 5.74) is -0.498. The predicted molar refractivity (Wildman–Crippen MR) is 71.9 cm³/mol. The molecule has 17 heavy (non-hydrogen) atoms. The van der Waals surface area contributed by atoms with Crippen LogP contribution in [0.3, 0.4) is 0 Å². The van der Waals surface area contributed by atoms with Crippen molar-refractivity contribution in [3.05, 3.63) is 0 Å². The molecule has 0 aromatic heterocycles. The Labute approximate surface area is 112 Å². The number of halogens is 1. The van der Waals surface area contributed by atoms with E-state index < -0.39 is 5.41 Å². The van der Waals surface area contributed by atoms with Crippen LogP contribution >= 0.6 is 15.9 Å². The van der Waals surface area contributed by atoms with Gasteiger partial charge in [-0.3, -0.25) is 14.5 Å². The number of carbonyl (C=O) groups is 2. The van der Waals surface area contributed by atoms with Gasteiger partial charge >= 0.3 is 0 Å². The van der Waals surface area contributed by atoms with Crippen molar-refractivity contribution in [1.82, 2.24) is 4.90 Å². The van der Waals surface area contributed by atoms with Gasteiger partial charge in [-0.25, -0.2) is 0 Å². The van der Waals surface area contributed by atoms with Gasteiger partial charge in [-0.2, -0.15) is 0 Å². The highest BCUT2D eigenvalue weighted by molar-refractivity contribution is 9.09. The molecule has 1 rings (SSSR count). The lowest BCUT2D eigenvalue weighted by molar-refractivity contribution is -0.142. The van der Waals surface area contributed by atoms with Crippen molar-refractivity contribution in [2.75, 3.05) is 11.9 Å². The molecule has 0 aromatic carbocycles. The Kier molecular flexibility index (Phi) is 4.39. The van der Waals surface area contributed by atoms with Crippen LogP contribution in [0.25, 0.3) is 0 Å². The lowest BCUT2D eigenvalue weighted by Crippen LogP contribution is -2.42. The van der Waals surface area contributed by atoms with Crippen molar-refractivity contribution in [1.29, 1.82) is 0 Å². The zero-order valence-electron chi connectivity index (χ0n) is 11.2. The van der Waals surface area contributed by atoms with E-state index >= 15 is 0 Å². The minimum Gasteiger partial charge on any atom is -0.282 e. The second kappa shape index (κ2) is 5.09. The molecule has 1 heterocycles. The van der Waals surface area contributed by atoms with Gasteiger partial charge in [0.05, 0.1) is 5.41 Å². The summed E-state index contributed by atoms with van der Waals surface area (Å²) < 4.78 is 0. The minimum atomic E-state index is -0.517. The highest BCUT2D eigenvalue weighted by Gasteiger charge is 2.46. The molecule has 0 atom stereocenters. The van der Waals surface area contributed by atoms with Crippen LogP contribution in [0.15, 0.2) is 0 Å². The van der Waals surface area contributed by atoms with Crippen LogP contribution in [-0.2, 0) is 9.59 Å². The minimum absolute atomic E-state index is 0.0188. The van der Waals surface area contributed by atoms with E-state index in [0.717, 1.165) is 18.2 Å². The molecular weight excluding hydrogens is 282 g/mol. The monoisotopic (exact) mass is 303 g/mol. The predicted octanol–water partition coefficient (Wildman–Crippen LogP) is 2.97. The molecule has 1 saturated heterocycles. The third kappa shape index (κ3) is 2.72. The standard InChI is InChI=1S/C13H22BrNO2/c1-5-13(6-2,8-14)9-15-10(16)7-12(3,4)11(15)17/h5-9H2,1-4H3. The summed E-state index contributed by atoms with van der Waals surface area (Å²) in [6.45, 7) is 8.47. The number of imide groups is 1. The fourth-order valence-electron chi connectivity index (χ4n) is 2.23. The van der Waals surface area contributed by atoms with Crippen molar-refractivity contribution in [2.24, 2.45) is 10.8 Å². The molecule has 0 bridgehead atoms. The van der Waals surface area contributed by atoms with E-state index in [0.29, 0.717) is 13.0 Å². The molecule has 0 radical (unpaired) electrons. The Hall–Kier alpha value is -0.380. The van der Waals surface area contributed by atoms with Crippen LogP contribution in [-0.4, -0.2) is 28.6 Å². The zero-order valence-corrected chi connectivity index (χ0v) is 12.8. The maximum absolute atomic E-state index is 12.2. The second-order valence-corrected chi connectivity index (χ2v) is 6.25. The topological polar surface area (TPSA) is 37.4 Å². The molecule has 98 valence electrons. The fourth-order valence-corrected chi connectivity index (χ4v) is 3.20. The van der Waals surface area contributed by atoms with Gasteiger partial charge in [0.2, 0.25) is 11.8 Å². The number of nitrogens with zero attached hydrogens (tertiary/aromatic N) is 1. The molecule has 4 heteroatoms. The molecule has 1 aliphatic heterocycles. The summed E-state index contributed by atoms with van der Waals surface area (Å²) in [6.07, 6.45) is 2.27. The van der Waals surface area contributed by atoms with Gasteiger partial charge in [0, 0.05) is 18.3 Å². The number of hydrogen-bond acceptors (Lipinski definition) is 2. The highest BCUT2D eigenvalue weighted by atomic mass is 79.9. The van der Waals surface area contributed by atoms with E-state index in [1.807, 2.05) is 13.8 Å². The lowest BCUT2D eigenvalue weighted by Gasteiger charge is -2.33. The second-order valence-electron chi connectivity index (χ2n) is 5.69. The molecule has 2 amide bonds. The number of alkyl halides is 1. The van der Waals surface area contributed by atoms with Gasteiger partial charge in [0.1, 0.15) is 0 Å². The molecule has 1 aliphatic rings. The third-order valence-electron chi connectivity index (χ3n) is 4.00. The van der Waals surface area contributed by atoms with Crippen molar-refractivity contribution in [2.45, 2.75) is 47.0 Å². The molecule has 0 saturated carbocycles. The molecule has 1 fully saturated rings. The van der Waals surface area contributed by atoms with Gasteiger partial charge in [0.15, 0.2) is 0 Å². The lowest BCUT2D eigenvalue weighted by atomic mass is 9.84. The van der Waals surface area contributed by atoms with Gasteiger partial charge in [-0.15, -0.1) is 0 Å². The smallest absolute Gasteiger partial charge is 0.235 e. The Morgan fingerprint density at radius 1 is 1.29 bits per heavy atom.